The van der Waals surface area contributed by atoms with Crippen molar-refractivity contribution in [1.82, 2.24) is 4.90 Å². The van der Waals surface area contributed by atoms with Gasteiger partial charge in [0.1, 0.15) is 4.99 Å². The molecular formula is C14H21N3OS2. The number of nitrogens with two attached hydrogens (primary N) is 1. The predicted molar refractivity (Wildman–Crippen MR) is 91.5 cm³/mol. The molecule has 0 heterocycles. The van der Waals surface area contributed by atoms with Crippen molar-refractivity contribution in [2.45, 2.75) is 6.42 Å². The van der Waals surface area contributed by atoms with Crippen LogP contribution in [0.15, 0.2) is 24.3 Å². The summed E-state index contributed by atoms with van der Waals surface area (Å²) in [7, 11) is 2.02. The lowest BCUT2D eigenvalue weighted by molar-refractivity contribution is -0.116. The van der Waals surface area contributed by atoms with Crippen molar-refractivity contribution in [2.24, 2.45) is 5.73 Å². The van der Waals surface area contributed by atoms with Gasteiger partial charge in [0.25, 0.3) is 0 Å². The van der Waals surface area contributed by atoms with Gasteiger partial charge in [0.2, 0.25) is 5.91 Å². The minimum atomic E-state index is 0.00101. The first-order valence-electron chi connectivity index (χ1n) is 6.40. The number of nitrogens with zero attached hydrogens (tertiary/aromatic N) is 1. The molecule has 0 saturated carbocycles. The molecule has 0 fully saturated rings. The second-order valence-corrected chi connectivity index (χ2v) is 5.96. The molecule has 0 unspecified atom stereocenters. The van der Waals surface area contributed by atoms with E-state index in [1.54, 1.807) is 17.8 Å². The molecule has 0 spiro atoms. The number of hydrogen-bond donors (Lipinski definition) is 2. The van der Waals surface area contributed by atoms with E-state index < -0.39 is 0 Å². The first-order valence-corrected chi connectivity index (χ1v) is 8.20. The maximum Gasteiger partial charge on any atom is 0.225 e. The van der Waals surface area contributed by atoms with E-state index in [9.17, 15) is 4.79 Å². The number of carbonyl (C=O) groups excluding carboxylic acids is 1. The molecule has 0 radical (unpaired) electrons. The Morgan fingerprint density at radius 2 is 2.20 bits per heavy atom. The van der Waals surface area contributed by atoms with Gasteiger partial charge in [0, 0.05) is 36.5 Å². The average Bonchev–Trinajstić information content (AvgIpc) is 2.43. The van der Waals surface area contributed by atoms with Gasteiger partial charge in [-0.15, -0.1) is 0 Å². The van der Waals surface area contributed by atoms with Crippen LogP contribution in [0.2, 0.25) is 0 Å². The number of nitrogens with one attached hydrogen (secondary N) is 1. The summed E-state index contributed by atoms with van der Waals surface area (Å²) in [5.41, 5.74) is 7.06. The van der Waals surface area contributed by atoms with Crippen LogP contribution in [0.1, 0.15) is 12.0 Å². The highest BCUT2D eigenvalue weighted by molar-refractivity contribution is 7.98. The first kappa shape index (κ1) is 16.9. The minimum absolute atomic E-state index is 0.00101. The largest absolute Gasteiger partial charge is 0.389 e. The van der Waals surface area contributed by atoms with Gasteiger partial charge in [-0.25, -0.2) is 0 Å². The van der Waals surface area contributed by atoms with E-state index in [-0.39, 0.29) is 5.91 Å². The lowest BCUT2D eigenvalue weighted by Crippen LogP contribution is -2.26. The van der Waals surface area contributed by atoms with Crippen LogP contribution in [0.3, 0.4) is 0 Å². The smallest absolute Gasteiger partial charge is 0.225 e. The Balaban J connectivity index is 2.42. The van der Waals surface area contributed by atoms with E-state index in [1.807, 2.05) is 25.2 Å². The Labute approximate surface area is 130 Å². The lowest BCUT2D eigenvalue weighted by atomic mass is 10.2. The van der Waals surface area contributed by atoms with E-state index in [0.29, 0.717) is 11.4 Å². The molecule has 0 aliphatic heterocycles. The number of carbonyl (C=O) groups is 1. The Bertz CT molecular complexity index is 465. The number of rotatable bonds is 8. The van der Waals surface area contributed by atoms with Crippen LogP contribution in [0, 0.1) is 0 Å². The van der Waals surface area contributed by atoms with Crippen molar-refractivity contribution in [3.63, 3.8) is 0 Å². The fourth-order valence-electron chi connectivity index (χ4n) is 1.63. The maximum absolute atomic E-state index is 11.9. The number of amides is 1. The Morgan fingerprint density at radius 3 is 2.85 bits per heavy atom. The molecule has 0 aliphatic carbocycles. The van der Waals surface area contributed by atoms with Gasteiger partial charge in [-0.05, 0) is 25.4 Å². The number of anilines is 1. The first-order chi connectivity index (χ1) is 9.52. The minimum Gasteiger partial charge on any atom is -0.389 e. The zero-order valence-corrected chi connectivity index (χ0v) is 13.5. The fourth-order valence-corrected chi connectivity index (χ4v) is 2.25. The highest BCUT2D eigenvalue weighted by atomic mass is 32.2. The quantitative estimate of drug-likeness (QED) is 0.719. The molecule has 6 heteroatoms. The third kappa shape index (κ3) is 6.36. The SMILES string of the molecule is CSCCN(C)CCC(=O)Nc1cccc(C(N)=S)c1. The average molecular weight is 311 g/mol. The maximum atomic E-state index is 11.9. The zero-order valence-electron chi connectivity index (χ0n) is 11.9. The van der Waals surface area contributed by atoms with Crippen LogP contribution < -0.4 is 11.1 Å². The van der Waals surface area contributed by atoms with Crippen LogP contribution in [-0.2, 0) is 4.79 Å². The predicted octanol–water partition coefficient (Wildman–Crippen LogP) is 1.94. The van der Waals surface area contributed by atoms with Crippen LogP contribution in [0.4, 0.5) is 5.69 Å². The Hall–Kier alpha value is -1.11. The van der Waals surface area contributed by atoms with Crippen molar-refractivity contribution in [2.75, 3.05) is 37.5 Å². The molecule has 1 amide bonds. The summed E-state index contributed by atoms with van der Waals surface area (Å²) in [5, 5.41) is 2.86. The van der Waals surface area contributed by atoms with Crippen molar-refractivity contribution < 1.29 is 4.79 Å². The molecule has 1 aromatic rings. The molecule has 0 aliphatic rings. The molecule has 1 rings (SSSR count). The molecule has 0 aromatic heterocycles. The second kappa shape index (κ2) is 8.94. The zero-order chi connectivity index (χ0) is 15.0. The standard InChI is InChI=1S/C14H21N3OS2/c1-17(8-9-20-2)7-6-13(18)16-12-5-3-4-11(10-12)14(15)19/h3-5,10H,6-9H2,1-2H3,(H2,15,19)(H,16,18). The summed E-state index contributed by atoms with van der Waals surface area (Å²) in [6.07, 6.45) is 2.55. The number of thiocarbonyl (C=S) groups is 1. The van der Waals surface area contributed by atoms with Crippen molar-refractivity contribution in [3.8, 4) is 0 Å². The van der Waals surface area contributed by atoms with Crippen LogP contribution in [0.5, 0.6) is 0 Å². The van der Waals surface area contributed by atoms with Gasteiger partial charge in [-0.2, -0.15) is 11.8 Å². The van der Waals surface area contributed by atoms with Crippen LogP contribution in [-0.4, -0.2) is 47.9 Å². The highest BCUT2D eigenvalue weighted by Gasteiger charge is 2.06. The summed E-state index contributed by atoms with van der Waals surface area (Å²) in [6, 6.07) is 7.28. The van der Waals surface area contributed by atoms with Crippen molar-refractivity contribution >= 4 is 40.6 Å². The highest BCUT2D eigenvalue weighted by Crippen LogP contribution is 2.11. The lowest BCUT2D eigenvalue weighted by Gasteiger charge is -2.15. The molecule has 3 N–H and O–H groups in total. The molecule has 20 heavy (non-hydrogen) atoms. The van der Waals surface area contributed by atoms with E-state index in [2.05, 4.69) is 16.5 Å². The van der Waals surface area contributed by atoms with E-state index >= 15 is 0 Å². The third-order valence-corrected chi connectivity index (χ3v) is 3.66. The summed E-state index contributed by atoms with van der Waals surface area (Å²) in [6.45, 7) is 1.74. The summed E-state index contributed by atoms with van der Waals surface area (Å²) in [4.78, 5) is 14.4. The van der Waals surface area contributed by atoms with Crippen molar-refractivity contribution in [1.29, 1.82) is 0 Å². The van der Waals surface area contributed by atoms with E-state index in [0.717, 1.165) is 30.1 Å². The second-order valence-electron chi connectivity index (χ2n) is 4.54. The molecule has 0 bridgehead atoms. The van der Waals surface area contributed by atoms with Gasteiger partial charge in [0.05, 0.1) is 0 Å². The van der Waals surface area contributed by atoms with Crippen LogP contribution in [0.25, 0.3) is 0 Å². The summed E-state index contributed by atoms with van der Waals surface area (Å²) in [5.74, 6) is 1.08. The molecular weight excluding hydrogens is 290 g/mol. The topological polar surface area (TPSA) is 58.4 Å². The van der Waals surface area contributed by atoms with Gasteiger partial charge in [0.15, 0.2) is 0 Å². The molecule has 4 nitrogen and oxygen atoms in total. The number of benzene rings is 1. The Kier molecular flexibility index (Phi) is 7.58. The van der Waals surface area contributed by atoms with E-state index in [4.69, 9.17) is 18.0 Å². The number of thioether (sulfide) groups is 1. The molecule has 0 atom stereocenters. The van der Waals surface area contributed by atoms with Crippen molar-refractivity contribution in [3.05, 3.63) is 29.8 Å². The Morgan fingerprint density at radius 1 is 1.45 bits per heavy atom. The van der Waals surface area contributed by atoms with Crippen LogP contribution >= 0.6 is 24.0 Å². The van der Waals surface area contributed by atoms with Gasteiger partial charge in [-0.3, -0.25) is 4.79 Å². The fraction of sp³-hybridized carbons (Fsp3) is 0.429. The van der Waals surface area contributed by atoms with Gasteiger partial charge in [-0.1, -0.05) is 24.4 Å². The molecule has 0 saturated heterocycles. The molecule has 1 aromatic carbocycles. The normalized spacial score (nSPS) is 10.6. The number of hydrogen-bond acceptors (Lipinski definition) is 4. The summed E-state index contributed by atoms with van der Waals surface area (Å²) < 4.78 is 0. The summed E-state index contributed by atoms with van der Waals surface area (Å²) >= 11 is 6.72. The van der Waals surface area contributed by atoms with E-state index in [1.165, 1.54) is 0 Å². The third-order valence-electron chi connectivity index (χ3n) is 2.83. The molecule has 110 valence electrons. The van der Waals surface area contributed by atoms with Gasteiger partial charge >= 0.3 is 0 Å². The van der Waals surface area contributed by atoms with Gasteiger partial charge < -0.3 is 16.0 Å². The monoisotopic (exact) mass is 311 g/mol.